The predicted octanol–water partition coefficient (Wildman–Crippen LogP) is 7.03. The number of carbonyl (C=O) groups is 1. The number of aliphatic carboxylic acids is 1. The second-order valence-corrected chi connectivity index (χ2v) is 7.64. The number of hydrogen-bond acceptors (Lipinski definition) is 2. The first kappa shape index (κ1) is 25.2. The summed E-state index contributed by atoms with van der Waals surface area (Å²) >= 11 is 0. The Bertz CT molecular complexity index is 325. The molecule has 0 fully saturated rings. The summed E-state index contributed by atoms with van der Waals surface area (Å²) in [6.07, 6.45) is 25.6. The third-order valence-electron chi connectivity index (χ3n) is 5.02. The van der Waals surface area contributed by atoms with E-state index in [4.69, 9.17) is 10.2 Å². The minimum Gasteiger partial charge on any atom is -0.479 e. The largest absolute Gasteiger partial charge is 0.479 e. The monoisotopic (exact) mass is 368 g/mol. The van der Waals surface area contributed by atoms with Gasteiger partial charge in [-0.05, 0) is 32.1 Å². The highest BCUT2D eigenvalue weighted by Gasteiger charge is 2.11. The fourth-order valence-corrected chi connectivity index (χ4v) is 3.24. The lowest BCUT2D eigenvalue weighted by molar-refractivity contribution is -0.146. The van der Waals surface area contributed by atoms with Gasteiger partial charge in [0.15, 0.2) is 6.10 Å². The van der Waals surface area contributed by atoms with Gasteiger partial charge in [0.05, 0.1) is 0 Å². The summed E-state index contributed by atoms with van der Waals surface area (Å²) in [5.41, 5.74) is 0. The van der Waals surface area contributed by atoms with E-state index in [9.17, 15) is 4.79 Å². The maximum absolute atomic E-state index is 10.5. The van der Waals surface area contributed by atoms with Gasteiger partial charge in [0.1, 0.15) is 0 Å². The van der Waals surface area contributed by atoms with E-state index < -0.39 is 12.1 Å². The first-order valence-corrected chi connectivity index (χ1v) is 11.2. The highest BCUT2D eigenvalue weighted by atomic mass is 16.4. The number of carboxylic acids is 1. The molecule has 154 valence electrons. The standard InChI is InChI=1S/C23H44O3/c1-2-3-4-5-6-7-8-9-10-11-12-13-14-15-16-17-18-19-20-21-22(24)23(25)26/h9-10,22,24H,2-8,11-21H2,1H3,(H,25,26)/b10-9-/t22-/m1/s1. The number of allylic oxidation sites excluding steroid dienone is 2. The van der Waals surface area contributed by atoms with E-state index in [0.717, 1.165) is 19.3 Å². The molecule has 0 spiro atoms. The Hall–Kier alpha value is -0.830. The van der Waals surface area contributed by atoms with Crippen LogP contribution in [0.25, 0.3) is 0 Å². The summed E-state index contributed by atoms with van der Waals surface area (Å²) in [7, 11) is 0. The Morgan fingerprint density at radius 2 is 1.08 bits per heavy atom. The van der Waals surface area contributed by atoms with Crippen LogP contribution in [0, 0.1) is 0 Å². The lowest BCUT2D eigenvalue weighted by Crippen LogP contribution is -2.18. The second-order valence-electron chi connectivity index (χ2n) is 7.64. The summed E-state index contributed by atoms with van der Waals surface area (Å²) in [5, 5.41) is 17.7. The molecule has 0 aliphatic carbocycles. The highest BCUT2D eigenvalue weighted by Crippen LogP contribution is 2.13. The third-order valence-corrected chi connectivity index (χ3v) is 5.02. The van der Waals surface area contributed by atoms with Crippen LogP contribution in [0.15, 0.2) is 12.2 Å². The van der Waals surface area contributed by atoms with Crippen LogP contribution in [-0.2, 0) is 4.79 Å². The Morgan fingerprint density at radius 3 is 1.50 bits per heavy atom. The molecule has 0 bridgehead atoms. The number of aliphatic hydroxyl groups is 1. The van der Waals surface area contributed by atoms with Crippen molar-refractivity contribution >= 4 is 5.97 Å². The van der Waals surface area contributed by atoms with Gasteiger partial charge in [0.25, 0.3) is 0 Å². The van der Waals surface area contributed by atoms with Crippen LogP contribution in [0.1, 0.15) is 122 Å². The smallest absolute Gasteiger partial charge is 0.332 e. The van der Waals surface area contributed by atoms with Crippen LogP contribution < -0.4 is 0 Å². The average Bonchev–Trinajstić information content (AvgIpc) is 2.63. The Labute approximate surface area is 162 Å². The van der Waals surface area contributed by atoms with Crippen LogP contribution in [0.4, 0.5) is 0 Å². The number of unbranched alkanes of at least 4 members (excludes halogenated alkanes) is 15. The zero-order chi connectivity index (χ0) is 19.3. The molecule has 0 aromatic carbocycles. The van der Waals surface area contributed by atoms with Crippen LogP contribution in [0.5, 0.6) is 0 Å². The predicted molar refractivity (Wildman–Crippen MR) is 112 cm³/mol. The number of carboxylic acid groups (broad SMARTS) is 1. The van der Waals surface area contributed by atoms with Crippen LogP contribution >= 0.6 is 0 Å². The van der Waals surface area contributed by atoms with Gasteiger partial charge in [0.2, 0.25) is 0 Å². The molecule has 1 atom stereocenters. The van der Waals surface area contributed by atoms with Crippen molar-refractivity contribution in [2.75, 3.05) is 0 Å². The van der Waals surface area contributed by atoms with Crippen molar-refractivity contribution in [3.05, 3.63) is 12.2 Å². The SMILES string of the molecule is CCCCCCCC/C=C\CCCCCCCCCCC[C@@H](O)C(=O)O. The van der Waals surface area contributed by atoms with Crippen LogP contribution in [0.3, 0.4) is 0 Å². The minimum atomic E-state index is -1.17. The van der Waals surface area contributed by atoms with Crippen molar-refractivity contribution in [3.8, 4) is 0 Å². The molecule has 0 aliphatic rings. The first-order valence-electron chi connectivity index (χ1n) is 11.2. The molecule has 0 unspecified atom stereocenters. The maximum Gasteiger partial charge on any atom is 0.332 e. The van der Waals surface area contributed by atoms with E-state index in [0.29, 0.717) is 6.42 Å². The molecular weight excluding hydrogens is 324 g/mol. The summed E-state index contributed by atoms with van der Waals surface area (Å²) in [6.45, 7) is 2.27. The number of aliphatic hydroxyl groups excluding tert-OH is 1. The van der Waals surface area contributed by atoms with Gasteiger partial charge in [-0.2, -0.15) is 0 Å². The molecule has 2 N–H and O–H groups in total. The zero-order valence-corrected chi connectivity index (χ0v) is 17.3. The van der Waals surface area contributed by atoms with Crippen LogP contribution in [0.2, 0.25) is 0 Å². The zero-order valence-electron chi connectivity index (χ0n) is 17.3. The summed E-state index contributed by atoms with van der Waals surface area (Å²) in [4.78, 5) is 10.5. The van der Waals surface area contributed by atoms with Crippen molar-refractivity contribution < 1.29 is 15.0 Å². The Kier molecular flexibility index (Phi) is 19.8. The van der Waals surface area contributed by atoms with E-state index in [-0.39, 0.29) is 0 Å². The molecule has 0 saturated carbocycles. The van der Waals surface area contributed by atoms with Gasteiger partial charge < -0.3 is 10.2 Å². The normalized spacial score (nSPS) is 12.7. The Balaban J connectivity index is 3.13. The van der Waals surface area contributed by atoms with Gasteiger partial charge in [0, 0.05) is 0 Å². The van der Waals surface area contributed by atoms with E-state index in [1.165, 1.54) is 89.9 Å². The Morgan fingerprint density at radius 1 is 0.692 bits per heavy atom. The van der Waals surface area contributed by atoms with Crippen molar-refractivity contribution in [1.29, 1.82) is 0 Å². The average molecular weight is 369 g/mol. The van der Waals surface area contributed by atoms with Gasteiger partial charge in [-0.3, -0.25) is 0 Å². The summed E-state index contributed by atoms with van der Waals surface area (Å²) < 4.78 is 0. The molecule has 0 aliphatic heterocycles. The second kappa shape index (κ2) is 20.5. The molecule has 0 aromatic heterocycles. The molecule has 0 heterocycles. The van der Waals surface area contributed by atoms with Gasteiger partial charge in [-0.25, -0.2) is 4.79 Å². The molecule has 0 amide bonds. The van der Waals surface area contributed by atoms with Crippen LogP contribution in [-0.4, -0.2) is 22.3 Å². The molecule has 0 aromatic rings. The fraction of sp³-hybridized carbons (Fsp3) is 0.870. The number of rotatable bonds is 20. The highest BCUT2D eigenvalue weighted by molar-refractivity contribution is 5.71. The summed E-state index contributed by atoms with van der Waals surface area (Å²) in [5.74, 6) is -1.10. The lowest BCUT2D eigenvalue weighted by atomic mass is 10.0. The van der Waals surface area contributed by atoms with E-state index in [1.807, 2.05) is 0 Å². The molecule has 26 heavy (non-hydrogen) atoms. The first-order chi connectivity index (χ1) is 12.7. The van der Waals surface area contributed by atoms with Crippen molar-refractivity contribution in [3.63, 3.8) is 0 Å². The van der Waals surface area contributed by atoms with E-state index in [2.05, 4.69) is 19.1 Å². The van der Waals surface area contributed by atoms with Gasteiger partial charge in [-0.15, -0.1) is 0 Å². The lowest BCUT2D eigenvalue weighted by Gasteiger charge is -2.05. The summed E-state index contributed by atoms with van der Waals surface area (Å²) in [6, 6.07) is 0. The van der Waals surface area contributed by atoms with Gasteiger partial charge in [-0.1, -0.05) is 103 Å². The van der Waals surface area contributed by atoms with E-state index >= 15 is 0 Å². The van der Waals surface area contributed by atoms with Gasteiger partial charge >= 0.3 is 5.97 Å². The molecule has 0 rings (SSSR count). The minimum absolute atomic E-state index is 0.391. The fourth-order valence-electron chi connectivity index (χ4n) is 3.24. The molecular formula is C23H44O3. The molecule has 0 radical (unpaired) electrons. The molecule has 0 saturated heterocycles. The third kappa shape index (κ3) is 19.5. The van der Waals surface area contributed by atoms with Crippen molar-refractivity contribution in [2.45, 2.75) is 129 Å². The topological polar surface area (TPSA) is 57.5 Å². The van der Waals surface area contributed by atoms with Crippen molar-refractivity contribution in [2.24, 2.45) is 0 Å². The number of hydrogen-bond donors (Lipinski definition) is 2. The molecule has 3 nitrogen and oxygen atoms in total. The maximum atomic E-state index is 10.5. The van der Waals surface area contributed by atoms with Crippen molar-refractivity contribution in [1.82, 2.24) is 0 Å². The molecule has 3 heteroatoms. The quantitative estimate of drug-likeness (QED) is 0.179. The van der Waals surface area contributed by atoms with E-state index in [1.54, 1.807) is 0 Å².